The Kier molecular flexibility index (Phi) is 7.25. The zero-order valence-corrected chi connectivity index (χ0v) is 18.2. The lowest BCUT2D eigenvalue weighted by atomic mass is 9.74. The van der Waals surface area contributed by atoms with Crippen molar-refractivity contribution in [3.05, 3.63) is 28.5 Å². The number of esters is 1. The topological polar surface area (TPSA) is 68.7 Å². The third kappa shape index (κ3) is 6.19. The van der Waals surface area contributed by atoms with Crippen LogP contribution in [-0.2, 0) is 20.7 Å². The van der Waals surface area contributed by atoms with Crippen molar-refractivity contribution >= 4 is 28.0 Å². The van der Waals surface area contributed by atoms with Crippen LogP contribution in [0.15, 0.2) is 22.8 Å². The minimum absolute atomic E-state index is 0.187. The van der Waals surface area contributed by atoms with Crippen molar-refractivity contribution in [3.63, 3.8) is 0 Å². The molecule has 0 spiro atoms. The van der Waals surface area contributed by atoms with E-state index >= 15 is 0 Å². The molecule has 1 saturated heterocycles. The number of amides is 1. The fourth-order valence-corrected chi connectivity index (χ4v) is 3.79. The molecule has 150 valence electrons. The third-order valence-corrected chi connectivity index (χ3v) is 5.29. The molecule has 0 bridgehead atoms. The Labute approximate surface area is 169 Å². The number of carbonyl (C=O) groups is 2. The molecule has 2 heterocycles. The van der Waals surface area contributed by atoms with Gasteiger partial charge >= 0.3 is 12.1 Å². The highest BCUT2D eigenvalue weighted by Crippen LogP contribution is 2.38. The van der Waals surface area contributed by atoms with Gasteiger partial charge in [-0.1, -0.05) is 6.07 Å². The van der Waals surface area contributed by atoms with Gasteiger partial charge in [0.15, 0.2) is 0 Å². The molecule has 1 aliphatic heterocycles. The van der Waals surface area contributed by atoms with Crippen molar-refractivity contribution in [3.8, 4) is 0 Å². The second-order valence-corrected chi connectivity index (χ2v) is 8.86. The number of nitrogens with zero attached hydrogens (tertiary/aromatic N) is 2. The highest BCUT2D eigenvalue weighted by Gasteiger charge is 2.43. The summed E-state index contributed by atoms with van der Waals surface area (Å²) in [6, 6.07) is 5.84. The number of piperidine rings is 1. The average Bonchev–Trinajstić information content (AvgIpc) is 2.60. The molecule has 0 radical (unpaired) electrons. The van der Waals surface area contributed by atoms with Crippen molar-refractivity contribution in [2.24, 2.45) is 5.41 Å². The first-order valence-electron chi connectivity index (χ1n) is 9.33. The number of aromatic nitrogens is 1. The van der Waals surface area contributed by atoms with Crippen molar-refractivity contribution < 1.29 is 19.1 Å². The first kappa shape index (κ1) is 21.7. The molecular formula is C20H29BrN2O4. The van der Waals surface area contributed by atoms with Gasteiger partial charge in [0.25, 0.3) is 0 Å². The fourth-order valence-electron chi connectivity index (χ4n) is 3.41. The summed E-state index contributed by atoms with van der Waals surface area (Å²) >= 11 is 3.38. The lowest BCUT2D eigenvalue weighted by Crippen LogP contribution is -2.48. The smallest absolute Gasteiger partial charge is 0.410 e. The summed E-state index contributed by atoms with van der Waals surface area (Å²) in [5, 5.41) is 0. The minimum atomic E-state index is -0.542. The van der Waals surface area contributed by atoms with Gasteiger partial charge in [0.1, 0.15) is 10.2 Å². The van der Waals surface area contributed by atoms with E-state index in [1.165, 1.54) is 7.11 Å². The number of ether oxygens (including phenoxy) is 2. The highest BCUT2D eigenvalue weighted by molar-refractivity contribution is 9.10. The third-order valence-electron chi connectivity index (χ3n) is 4.85. The summed E-state index contributed by atoms with van der Waals surface area (Å²) in [7, 11) is 1.43. The van der Waals surface area contributed by atoms with E-state index in [0.717, 1.165) is 29.6 Å². The summed E-state index contributed by atoms with van der Waals surface area (Å²) < 4.78 is 11.3. The summed E-state index contributed by atoms with van der Waals surface area (Å²) in [4.78, 5) is 30.9. The van der Waals surface area contributed by atoms with Crippen LogP contribution in [0.3, 0.4) is 0 Å². The molecule has 1 amide bonds. The second kappa shape index (κ2) is 9.04. The molecule has 1 fully saturated rings. The molecule has 7 heteroatoms. The zero-order chi connectivity index (χ0) is 20.1. The van der Waals surface area contributed by atoms with Gasteiger partial charge in [-0.25, -0.2) is 9.78 Å². The zero-order valence-electron chi connectivity index (χ0n) is 16.6. The fraction of sp³-hybridized carbons (Fsp3) is 0.650. The molecule has 0 saturated carbocycles. The van der Waals surface area contributed by atoms with Gasteiger partial charge in [-0.15, -0.1) is 0 Å². The first-order valence-corrected chi connectivity index (χ1v) is 10.1. The maximum atomic E-state index is 12.5. The molecule has 0 aliphatic carbocycles. The van der Waals surface area contributed by atoms with Gasteiger partial charge in [0.2, 0.25) is 0 Å². The van der Waals surface area contributed by atoms with Gasteiger partial charge in [0.05, 0.1) is 12.5 Å². The summed E-state index contributed by atoms with van der Waals surface area (Å²) in [5.74, 6) is -0.187. The van der Waals surface area contributed by atoms with Gasteiger partial charge < -0.3 is 14.4 Å². The van der Waals surface area contributed by atoms with Gasteiger partial charge in [-0.2, -0.15) is 0 Å². The molecule has 0 unspecified atom stereocenters. The Hall–Kier alpha value is -1.63. The van der Waals surface area contributed by atoms with E-state index in [0.29, 0.717) is 25.9 Å². The number of methoxy groups -OCH3 is 1. The van der Waals surface area contributed by atoms with Gasteiger partial charge in [-0.05, 0) is 80.9 Å². The quantitative estimate of drug-likeness (QED) is 0.502. The average molecular weight is 441 g/mol. The van der Waals surface area contributed by atoms with E-state index in [9.17, 15) is 9.59 Å². The lowest BCUT2D eigenvalue weighted by molar-refractivity contribution is -0.156. The number of hydrogen-bond acceptors (Lipinski definition) is 5. The van der Waals surface area contributed by atoms with Crippen molar-refractivity contribution in [1.29, 1.82) is 0 Å². The number of rotatable bonds is 5. The molecule has 0 aromatic carbocycles. The van der Waals surface area contributed by atoms with Crippen LogP contribution >= 0.6 is 15.9 Å². The van der Waals surface area contributed by atoms with Crippen LogP contribution in [-0.4, -0.2) is 47.7 Å². The van der Waals surface area contributed by atoms with Crippen LogP contribution in [0.4, 0.5) is 4.79 Å². The number of hydrogen-bond donors (Lipinski definition) is 0. The normalized spacial score (nSPS) is 16.7. The second-order valence-electron chi connectivity index (χ2n) is 8.04. The Morgan fingerprint density at radius 2 is 1.93 bits per heavy atom. The number of halogens is 1. The van der Waals surface area contributed by atoms with E-state index in [4.69, 9.17) is 9.47 Å². The predicted molar refractivity (Wildman–Crippen MR) is 106 cm³/mol. The largest absolute Gasteiger partial charge is 0.469 e. The molecule has 1 aromatic rings. The van der Waals surface area contributed by atoms with Crippen LogP contribution in [0.2, 0.25) is 0 Å². The van der Waals surface area contributed by atoms with E-state index < -0.39 is 11.0 Å². The molecule has 1 aromatic heterocycles. The molecular weight excluding hydrogens is 412 g/mol. The van der Waals surface area contributed by atoms with Crippen LogP contribution in [0.25, 0.3) is 0 Å². The number of aryl methyl sites for hydroxylation is 1. The van der Waals surface area contributed by atoms with Crippen LogP contribution in [0.5, 0.6) is 0 Å². The Morgan fingerprint density at radius 1 is 1.26 bits per heavy atom. The van der Waals surface area contributed by atoms with Crippen molar-refractivity contribution in [1.82, 2.24) is 9.88 Å². The predicted octanol–water partition coefficient (Wildman–Crippen LogP) is 4.36. The number of likely N-dealkylation sites (tertiary alicyclic amines) is 1. The SMILES string of the molecule is COC(=O)C1(CCCc2cccc(Br)n2)CCN(C(=O)OC(C)(C)C)CC1. The first-order chi connectivity index (χ1) is 12.6. The Balaban J connectivity index is 1.95. The standard InChI is InChI=1S/C20H29BrN2O4/c1-19(2,3)27-18(25)23-13-11-20(12-14-23,17(24)26-4)10-6-8-15-7-5-9-16(21)22-15/h5,7,9H,6,8,10-14H2,1-4H3. The van der Waals surface area contributed by atoms with Crippen molar-refractivity contribution in [2.45, 2.75) is 58.5 Å². The van der Waals surface area contributed by atoms with Crippen LogP contribution in [0.1, 0.15) is 52.1 Å². The molecule has 2 rings (SSSR count). The van der Waals surface area contributed by atoms with Gasteiger partial charge in [-0.3, -0.25) is 4.79 Å². The Morgan fingerprint density at radius 3 is 2.48 bits per heavy atom. The lowest BCUT2D eigenvalue weighted by Gasteiger charge is -2.40. The van der Waals surface area contributed by atoms with E-state index in [2.05, 4.69) is 20.9 Å². The Bertz CT molecular complexity index is 664. The van der Waals surface area contributed by atoms with Crippen LogP contribution < -0.4 is 0 Å². The van der Waals surface area contributed by atoms with Crippen LogP contribution in [0, 0.1) is 5.41 Å². The molecule has 0 atom stereocenters. The maximum absolute atomic E-state index is 12.5. The molecule has 0 N–H and O–H groups in total. The summed E-state index contributed by atoms with van der Waals surface area (Å²) in [6.07, 6.45) is 3.21. The van der Waals surface area contributed by atoms with Crippen molar-refractivity contribution in [2.75, 3.05) is 20.2 Å². The van der Waals surface area contributed by atoms with E-state index in [-0.39, 0.29) is 12.1 Å². The molecule has 1 aliphatic rings. The van der Waals surface area contributed by atoms with E-state index in [1.807, 2.05) is 39.0 Å². The van der Waals surface area contributed by atoms with E-state index in [1.54, 1.807) is 4.90 Å². The summed E-state index contributed by atoms with van der Waals surface area (Å²) in [6.45, 7) is 6.55. The van der Waals surface area contributed by atoms with Gasteiger partial charge in [0, 0.05) is 18.8 Å². The highest BCUT2D eigenvalue weighted by atomic mass is 79.9. The molecule has 6 nitrogen and oxygen atoms in total. The number of carbonyl (C=O) groups excluding carboxylic acids is 2. The monoisotopic (exact) mass is 440 g/mol. The molecule has 27 heavy (non-hydrogen) atoms. The summed E-state index contributed by atoms with van der Waals surface area (Å²) in [5.41, 5.74) is -0.0694. The minimum Gasteiger partial charge on any atom is -0.469 e. The number of pyridine rings is 1. The maximum Gasteiger partial charge on any atom is 0.410 e.